The van der Waals surface area contributed by atoms with Gasteiger partial charge in [-0.05, 0) is 96.3 Å². The van der Waals surface area contributed by atoms with Crippen LogP contribution in [0.15, 0.2) is 97.2 Å². The van der Waals surface area contributed by atoms with Crippen LogP contribution in [-0.4, -0.2) is 87.4 Å². The number of unbranched alkanes of at least 4 members (excludes halogenated alkanes) is 40. The molecule has 0 fully saturated rings. The molecule has 0 spiro atoms. The summed E-state index contributed by atoms with van der Waals surface area (Å²) in [6, 6.07) is 0. The van der Waals surface area contributed by atoms with Crippen molar-refractivity contribution in [3.63, 3.8) is 0 Å². The predicted molar refractivity (Wildman–Crippen MR) is 392 cm³/mol. The number of hydrogen-bond acceptors (Lipinski definition) is 7. The highest BCUT2D eigenvalue weighted by Crippen LogP contribution is 2.19. The first-order valence-corrected chi connectivity index (χ1v) is 38.4. The Kier molecular flexibility index (Phi) is 69.0. The van der Waals surface area contributed by atoms with Crippen LogP contribution in [0.4, 0.5) is 0 Å². The number of likely N-dealkylation sites (N-methyl/N-ethyl adjacent to an activating group) is 1. The Hall–Kier alpha value is -3.79. The summed E-state index contributed by atoms with van der Waals surface area (Å²) in [5.41, 5.74) is 0. The Morgan fingerprint density at radius 3 is 0.934 bits per heavy atom. The topological polar surface area (TPSA) is 108 Å². The van der Waals surface area contributed by atoms with Crippen molar-refractivity contribution in [2.75, 3.05) is 47.5 Å². The lowest BCUT2D eigenvalue weighted by atomic mass is 10.0. The molecule has 0 radical (unpaired) electrons. The van der Waals surface area contributed by atoms with Gasteiger partial charge in [0.25, 0.3) is 6.29 Å². The van der Waals surface area contributed by atoms with E-state index in [1.807, 2.05) is 21.1 Å². The second-order valence-electron chi connectivity index (χ2n) is 26.9. The van der Waals surface area contributed by atoms with Gasteiger partial charge < -0.3 is 28.5 Å². The fourth-order valence-corrected chi connectivity index (χ4v) is 11.0. The number of carboxylic acid groups (broad SMARTS) is 1. The van der Waals surface area contributed by atoms with Crippen LogP contribution in [0.5, 0.6) is 0 Å². The summed E-state index contributed by atoms with van der Waals surface area (Å²) >= 11 is 0. The van der Waals surface area contributed by atoms with Crippen LogP contribution in [0.1, 0.15) is 348 Å². The highest BCUT2D eigenvalue weighted by Gasteiger charge is 2.25. The normalized spacial score (nSPS) is 13.2. The van der Waals surface area contributed by atoms with Gasteiger partial charge in [0.2, 0.25) is 0 Å². The zero-order valence-electron chi connectivity index (χ0n) is 60.2. The zero-order chi connectivity index (χ0) is 66.1. The Labute approximate surface area is 562 Å². The van der Waals surface area contributed by atoms with Crippen molar-refractivity contribution < 1.29 is 42.9 Å². The van der Waals surface area contributed by atoms with E-state index in [1.54, 1.807) is 0 Å². The van der Waals surface area contributed by atoms with Gasteiger partial charge in [-0.2, -0.15) is 0 Å². The molecule has 0 rings (SSSR count). The van der Waals surface area contributed by atoms with E-state index in [2.05, 4.69) is 111 Å². The van der Waals surface area contributed by atoms with Gasteiger partial charge >= 0.3 is 17.9 Å². The van der Waals surface area contributed by atoms with Crippen molar-refractivity contribution in [2.45, 2.75) is 360 Å². The molecule has 91 heavy (non-hydrogen) atoms. The van der Waals surface area contributed by atoms with E-state index in [0.29, 0.717) is 23.9 Å². The van der Waals surface area contributed by atoms with E-state index in [4.69, 9.17) is 18.9 Å². The van der Waals surface area contributed by atoms with Gasteiger partial charge in [-0.1, -0.05) is 336 Å². The van der Waals surface area contributed by atoms with Crippen molar-refractivity contribution in [3.05, 3.63) is 97.2 Å². The van der Waals surface area contributed by atoms with Crippen LogP contribution in [0.25, 0.3) is 0 Å². The van der Waals surface area contributed by atoms with Gasteiger partial charge in [0.15, 0.2) is 6.10 Å². The number of allylic oxidation sites excluding steroid dienone is 16. The van der Waals surface area contributed by atoms with Crippen LogP contribution < -0.4 is 0 Å². The second-order valence-corrected chi connectivity index (χ2v) is 26.9. The van der Waals surface area contributed by atoms with Crippen LogP contribution in [-0.2, 0) is 33.3 Å². The number of carboxylic acids is 1. The Morgan fingerprint density at radius 2 is 0.626 bits per heavy atom. The lowest BCUT2D eigenvalue weighted by Crippen LogP contribution is -2.40. The van der Waals surface area contributed by atoms with E-state index >= 15 is 0 Å². The minimum Gasteiger partial charge on any atom is -0.477 e. The number of ether oxygens (including phenoxy) is 4. The largest absolute Gasteiger partial charge is 0.477 e. The number of aliphatic carboxylic acids is 1. The first-order valence-electron chi connectivity index (χ1n) is 38.4. The van der Waals surface area contributed by atoms with Crippen LogP contribution >= 0.6 is 0 Å². The maximum Gasteiger partial charge on any atom is 0.361 e. The van der Waals surface area contributed by atoms with E-state index in [-0.39, 0.29) is 32.2 Å². The van der Waals surface area contributed by atoms with Crippen LogP contribution in [0, 0.1) is 0 Å². The second kappa shape index (κ2) is 72.0. The van der Waals surface area contributed by atoms with Gasteiger partial charge in [-0.15, -0.1) is 0 Å². The van der Waals surface area contributed by atoms with Gasteiger partial charge in [0.1, 0.15) is 13.2 Å². The van der Waals surface area contributed by atoms with Gasteiger partial charge in [-0.3, -0.25) is 9.59 Å². The number of carbonyl (C=O) groups excluding carboxylic acids is 2. The average molecular weight is 1270 g/mol. The van der Waals surface area contributed by atoms with Gasteiger partial charge in [-0.25, -0.2) is 4.79 Å². The van der Waals surface area contributed by atoms with E-state index < -0.39 is 24.3 Å². The van der Waals surface area contributed by atoms with Crippen molar-refractivity contribution in [1.82, 2.24) is 0 Å². The highest BCUT2D eigenvalue weighted by atomic mass is 16.7. The number of carbonyl (C=O) groups is 3. The summed E-state index contributed by atoms with van der Waals surface area (Å²) in [6.45, 7) is 4.77. The standard InChI is InChI=1S/C82H145NO8/c1-6-8-10-12-14-16-18-20-22-24-26-28-30-32-33-34-35-36-37-38-39-40-41-42-43-44-45-46-47-49-50-52-54-56-58-60-62-64-66-68-70-72-79(84)89-76-78(77-90-82(81(86)87)88-75-74-83(3,4)5)91-80(85)73-71-69-67-65-63-61-59-57-55-53-51-48-31-29-27-25-23-21-19-17-15-13-11-9-7-2/h9,11,15,17-18,20-21,23-24,26-27,29,48,51,55,57,78,82H,6-8,10,12-14,16,19,22,25,28,30-47,49-50,52-54,56,58-77H2,1-5H3/p+1/b11-9-,17-15-,20-18-,23-21-,26-24-,29-27-,51-48-,57-55-. The fraction of sp³-hybridized carbons (Fsp3) is 0.768. The molecule has 0 bridgehead atoms. The minimum absolute atomic E-state index is 0.182. The summed E-state index contributed by atoms with van der Waals surface area (Å²) in [5.74, 6) is -2.01. The van der Waals surface area contributed by atoms with Crippen LogP contribution in [0.2, 0.25) is 0 Å². The lowest BCUT2D eigenvalue weighted by Gasteiger charge is -2.25. The van der Waals surface area contributed by atoms with Crippen molar-refractivity contribution in [3.8, 4) is 0 Å². The molecule has 0 aliphatic heterocycles. The van der Waals surface area contributed by atoms with E-state index in [1.165, 1.54) is 212 Å². The Balaban J connectivity index is 3.99. The Bertz CT molecular complexity index is 1820. The van der Waals surface area contributed by atoms with E-state index in [9.17, 15) is 19.5 Å². The maximum atomic E-state index is 12.9. The molecule has 0 saturated carbocycles. The molecule has 0 saturated heterocycles. The molecule has 0 amide bonds. The summed E-state index contributed by atoms with van der Waals surface area (Å²) < 4.78 is 23.0. The van der Waals surface area contributed by atoms with Crippen LogP contribution in [0.3, 0.4) is 0 Å². The molecule has 0 heterocycles. The molecule has 1 N–H and O–H groups in total. The molecule has 526 valence electrons. The Morgan fingerprint density at radius 1 is 0.341 bits per heavy atom. The molecule has 0 aromatic heterocycles. The number of nitrogens with zero attached hydrogens (tertiary/aromatic N) is 1. The fourth-order valence-electron chi connectivity index (χ4n) is 11.0. The lowest BCUT2D eigenvalue weighted by molar-refractivity contribution is -0.870. The number of rotatable bonds is 71. The number of quaternary nitrogens is 1. The predicted octanol–water partition coefficient (Wildman–Crippen LogP) is 24.4. The van der Waals surface area contributed by atoms with Crippen molar-refractivity contribution in [1.29, 1.82) is 0 Å². The molecule has 0 aromatic carbocycles. The minimum atomic E-state index is -1.52. The molecule has 0 aromatic rings. The molecule has 2 atom stereocenters. The average Bonchev–Trinajstić information content (AvgIpc) is 3.46. The monoisotopic (exact) mass is 1270 g/mol. The summed E-state index contributed by atoms with van der Waals surface area (Å²) in [5, 5.41) is 9.75. The summed E-state index contributed by atoms with van der Waals surface area (Å²) in [6.07, 6.45) is 97.0. The number of hydrogen-bond donors (Lipinski definition) is 1. The smallest absolute Gasteiger partial charge is 0.361 e. The third-order valence-electron chi connectivity index (χ3n) is 16.8. The molecule has 0 aliphatic rings. The maximum absolute atomic E-state index is 12.9. The molecule has 9 heteroatoms. The van der Waals surface area contributed by atoms with Crippen molar-refractivity contribution in [2.24, 2.45) is 0 Å². The van der Waals surface area contributed by atoms with Gasteiger partial charge in [0.05, 0.1) is 34.4 Å². The SMILES string of the molecule is CC/C=C\C/C=C\C/C=C\C/C=C\C/C=C\C/C=C\CCCCCCCCC(=O)OC(COC(=O)CCCCCCCCCCCCCCCCCCCCCCCCCCCCCCC/C=C\C/C=C\CCCCCCC)COC(OCC[N+](C)(C)C)C(=O)O. The number of esters is 2. The summed E-state index contributed by atoms with van der Waals surface area (Å²) in [7, 11) is 5.98. The third kappa shape index (κ3) is 73.5. The molecular weight excluding hydrogens is 1130 g/mol. The summed E-state index contributed by atoms with van der Waals surface area (Å²) in [4.78, 5) is 37.7. The first-order chi connectivity index (χ1) is 44.6. The van der Waals surface area contributed by atoms with E-state index in [0.717, 1.165) is 103 Å². The zero-order valence-corrected chi connectivity index (χ0v) is 60.2. The first kappa shape index (κ1) is 87.2. The molecule has 9 nitrogen and oxygen atoms in total. The molecule has 2 unspecified atom stereocenters. The molecular formula is C82H146NO8+. The quantitative estimate of drug-likeness (QED) is 0.0211. The van der Waals surface area contributed by atoms with Gasteiger partial charge in [0, 0.05) is 12.8 Å². The molecule has 0 aliphatic carbocycles. The third-order valence-corrected chi connectivity index (χ3v) is 16.8. The van der Waals surface area contributed by atoms with Crippen molar-refractivity contribution >= 4 is 17.9 Å². The highest BCUT2D eigenvalue weighted by molar-refractivity contribution is 5.71.